The van der Waals surface area contributed by atoms with E-state index in [2.05, 4.69) is 18.7 Å². The highest BCUT2D eigenvalue weighted by Crippen LogP contribution is 2.24. The Kier molecular flexibility index (Phi) is 5.71. The lowest BCUT2D eigenvalue weighted by Gasteiger charge is -2.13. The van der Waals surface area contributed by atoms with Gasteiger partial charge in [0, 0.05) is 6.42 Å². The van der Waals surface area contributed by atoms with Crippen LogP contribution >= 0.6 is 0 Å². The van der Waals surface area contributed by atoms with Crippen molar-refractivity contribution >= 4 is 11.9 Å². The lowest BCUT2D eigenvalue weighted by Crippen LogP contribution is -2.04. The van der Waals surface area contributed by atoms with Crippen LogP contribution in [-0.4, -0.2) is 5.78 Å². The van der Waals surface area contributed by atoms with Crippen LogP contribution in [0.5, 0.6) is 0 Å². The van der Waals surface area contributed by atoms with Crippen LogP contribution in [0.3, 0.4) is 0 Å². The van der Waals surface area contributed by atoms with Crippen LogP contribution in [0.4, 0.5) is 0 Å². The Morgan fingerprint density at radius 2 is 1.62 bits per heavy atom. The van der Waals surface area contributed by atoms with Crippen molar-refractivity contribution in [2.75, 3.05) is 0 Å². The smallest absolute Gasteiger partial charge is 0.156 e. The molecular weight excluding hydrogens is 256 g/mol. The third-order valence-electron chi connectivity index (χ3n) is 3.43. The average molecular weight is 276 g/mol. The fraction of sp³-hybridized carbons (Fsp3) is 0.150. The third kappa shape index (κ3) is 4.88. The first-order valence-electron chi connectivity index (χ1n) is 7.21. The van der Waals surface area contributed by atoms with Gasteiger partial charge in [-0.25, -0.2) is 0 Å². The van der Waals surface area contributed by atoms with Crippen molar-refractivity contribution in [3.63, 3.8) is 0 Å². The predicted octanol–water partition coefficient (Wildman–Crippen LogP) is 5.02. The Hall–Kier alpha value is -2.41. The second-order valence-electron chi connectivity index (χ2n) is 5.05. The summed E-state index contributed by atoms with van der Waals surface area (Å²) in [5.41, 5.74) is 2.24. The molecule has 0 fully saturated rings. The number of allylic oxidation sites excluding steroid dienone is 2. The van der Waals surface area contributed by atoms with Gasteiger partial charge >= 0.3 is 0 Å². The number of rotatable bonds is 7. The standard InChI is InChI=1S/C20H20O/c1-2-9-19(18-12-7-4-8-13-18)16-20(21)15-14-17-10-5-3-6-11-17/h2-8,10-15,19H,1,9,16H2/b15-14+. The maximum Gasteiger partial charge on any atom is 0.156 e. The second kappa shape index (κ2) is 8.01. The Balaban J connectivity index is 2.02. The van der Waals surface area contributed by atoms with E-state index < -0.39 is 0 Å². The number of hydrogen-bond acceptors (Lipinski definition) is 1. The normalized spacial score (nSPS) is 12.2. The van der Waals surface area contributed by atoms with Gasteiger partial charge in [-0.2, -0.15) is 0 Å². The molecule has 1 nitrogen and oxygen atoms in total. The van der Waals surface area contributed by atoms with E-state index in [0.29, 0.717) is 6.42 Å². The van der Waals surface area contributed by atoms with Crippen LogP contribution in [0.25, 0.3) is 6.08 Å². The molecule has 21 heavy (non-hydrogen) atoms. The number of carbonyl (C=O) groups excluding carboxylic acids is 1. The van der Waals surface area contributed by atoms with Gasteiger partial charge in [-0.05, 0) is 29.5 Å². The molecule has 0 saturated heterocycles. The van der Waals surface area contributed by atoms with E-state index in [-0.39, 0.29) is 11.7 Å². The van der Waals surface area contributed by atoms with E-state index in [1.807, 2.05) is 60.7 Å². The zero-order chi connectivity index (χ0) is 14.9. The molecule has 0 amide bonds. The van der Waals surface area contributed by atoms with E-state index in [9.17, 15) is 4.79 Å². The minimum absolute atomic E-state index is 0.148. The Morgan fingerprint density at radius 1 is 1.00 bits per heavy atom. The lowest BCUT2D eigenvalue weighted by molar-refractivity contribution is -0.114. The van der Waals surface area contributed by atoms with Crippen LogP contribution in [-0.2, 0) is 4.79 Å². The van der Waals surface area contributed by atoms with Gasteiger partial charge in [0.25, 0.3) is 0 Å². The van der Waals surface area contributed by atoms with Crippen molar-refractivity contribution in [3.05, 3.63) is 90.5 Å². The SMILES string of the molecule is C=CCC(CC(=O)/C=C/c1ccccc1)c1ccccc1. The monoisotopic (exact) mass is 276 g/mol. The fourth-order valence-corrected chi connectivity index (χ4v) is 2.33. The summed E-state index contributed by atoms with van der Waals surface area (Å²) >= 11 is 0. The highest BCUT2D eigenvalue weighted by molar-refractivity contribution is 5.94. The number of hydrogen-bond donors (Lipinski definition) is 0. The molecule has 2 aromatic carbocycles. The van der Waals surface area contributed by atoms with Crippen molar-refractivity contribution in [2.45, 2.75) is 18.8 Å². The van der Waals surface area contributed by atoms with Gasteiger partial charge in [-0.3, -0.25) is 4.79 Å². The van der Waals surface area contributed by atoms with Crippen molar-refractivity contribution in [1.29, 1.82) is 0 Å². The first kappa shape index (κ1) is 15.0. The van der Waals surface area contributed by atoms with Gasteiger partial charge in [-0.1, -0.05) is 72.8 Å². The maximum atomic E-state index is 12.2. The van der Waals surface area contributed by atoms with Crippen molar-refractivity contribution < 1.29 is 4.79 Å². The molecule has 0 aliphatic rings. The minimum Gasteiger partial charge on any atom is -0.295 e. The molecule has 0 aromatic heterocycles. The quantitative estimate of drug-likeness (QED) is 0.512. The van der Waals surface area contributed by atoms with Crippen LogP contribution < -0.4 is 0 Å². The predicted molar refractivity (Wildman–Crippen MR) is 89.1 cm³/mol. The topological polar surface area (TPSA) is 17.1 Å². The fourth-order valence-electron chi connectivity index (χ4n) is 2.33. The summed E-state index contributed by atoms with van der Waals surface area (Å²) in [5.74, 6) is 0.353. The van der Waals surface area contributed by atoms with Gasteiger partial charge in [-0.15, -0.1) is 6.58 Å². The molecule has 1 heteroatoms. The molecule has 0 spiro atoms. The number of benzene rings is 2. The zero-order valence-corrected chi connectivity index (χ0v) is 12.1. The molecule has 2 aromatic rings. The van der Waals surface area contributed by atoms with E-state index in [4.69, 9.17) is 0 Å². The molecular formula is C20H20O. The van der Waals surface area contributed by atoms with Gasteiger partial charge in [0.05, 0.1) is 0 Å². The largest absolute Gasteiger partial charge is 0.295 e. The van der Waals surface area contributed by atoms with Gasteiger partial charge in [0.2, 0.25) is 0 Å². The Morgan fingerprint density at radius 3 is 2.24 bits per heavy atom. The summed E-state index contributed by atoms with van der Waals surface area (Å²) in [6.45, 7) is 3.80. The van der Waals surface area contributed by atoms with Crippen LogP contribution in [0.15, 0.2) is 79.4 Å². The lowest BCUT2D eigenvalue weighted by atomic mass is 9.90. The van der Waals surface area contributed by atoms with E-state index >= 15 is 0 Å². The minimum atomic E-state index is 0.148. The summed E-state index contributed by atoms with van der Waals surface area (Å²) in [5, 5.41) is 0. The van der Waals surface area contributed by atoms with Crippen LogP contribution in [0.1, 0.15) is 29.9 Å². The van der Waals surface area contributed by atoms with Gasteiger partial charge in [0.15, 0.2) is 5.78 Å². The molecule has 1 unspecified atom stereocenters. The zero-order valence-electron chi connectivity index (χ0n) is 12.1. The first-order chi connectivity index (χ1) is 10.3. The van der Waals surface area contributed by atoms with Crippen molar-refractivity contribution in [1.82, 2.24) is 0 Å². The first-order valence-corrected chi connectivity index (χ1v) is 7.21. The molecule has 0 aliphatic heterocycles. The average Bonchev–Trinajstić information content (AvgIpc) is 2.54. The summed E-state index contributed by atoms with van der Waals surface area (Å²) in [6.07, 6.45) is 6.76. The maximum absolute atomic E-state index is 12.2. The highest BCUT2D eigenvalue weighted by Gasteiger charge is 2.12. The molecule has 2 rings (SSSR count). The van der Waals surface area contributed by atoms with E-state index in [1.165, 1.54) is 5.56 Å². The van der Waals surface area contributed by atoms with Crippen LogP contribution in [0.2, 0.25) is 0 Å². The van der Waals surface area contributed by atoms with Crippen molar-refractivity contribution in [2.24, 2.45) is 0 Å². The summed E-state index contributed by atoms with van der Waals surface area (Å²) in [6, 6.07) is 20.0. The molecule has 106 valence electrons. The molecule has 0 N–H and O–H groups in total. The van der Waals surface area contributed by atoms with Crippen molar-refractivity contribution in [3.8, 4) is 0 Å². The van der Waals surface area contributed by atoms with Crippen LogP contribution in [0, 0.1) is 0 Å². The highest BCUT2D eigenvalue weighted by atomic mass is 16.1. The van der Waals surface area contributed by atoms with E-state index in [0.717, 1.165) is 12.0 Å². The summed E-state index contributed by atoms with van der Waals surface area (Å²) in [7, 11) is 0. The molecule has 1 atom stereocenters. The Labute approximate surface area is 126 Å². The summed E-state index contributed by atoms with van der Waals surface area (Å²) < 4.78 is 0. The molecule has 0 radical (unpaired) electrons. The van der Waals surface area contributed by atoms with Gasteiger partial charge < -0.3 is 0 Å². The Bertz CT molecular complexity index is 596. The number of carbonyl (C=O) groups is 1. The molecule has 0 bridgehead atoms. The number of ketones is 1. The molecule has 0 saturated carbocycles. The second-order valence-corrected chi connectivity index (χ2v) is 5.05. The molecule has 0 heterocycles. The summed E-state index contributed by atoms with van der Waals surface area (Å²) in [4.78, 5) is 12.2. The molecule has 0 aliphatic carbocycles. The third-order valence-corrected chi connectivity index (χ3v) is 3.43. The van der Waals surface area contributed by atoms with E-state index in [1.54, 1.807) is 6.08 Å². The van der Waals surface area contributed by atoms with Gasteiger partial charge in [0.1, 0.15) is 0 Å².